The number of ether oxygens (including phenoxy) is 1. The Morgan fingerprint density at radius 2 is 1.69 bits per heavy atom. The minimum absolute atomic E-state index is 0.0225. The van der Waals surface area contributed by atoms with E-state index in [1.54, 1.807) is 64.6 Å². The van der Waals surface area contributed by atoms with Crippen LogP contribution in [0.3, 0.4) is 0 Å². The molecule has 36 heavy (non-hydrogen) atoms. The van der Waals surface area contributed by atoms with Crippen molar-refractivity contribution in [3.8, 4) is 5.75 Å². The highest BCUT2D eigenvalue weighted by molar-refractivity contribution is 7.09. The monoisotopic (exact) mass is 509 g/mol. The molecular formula is C28H32FN3O3S. The van der Waals surface area contributed by atoms with Crippen molar-refractivity contribution >= 4 is 23.2 Å². The van der Waals surface area contributed by atoms with Crippen molar-refractivity contribution in [3.63, 3.8) is 0 Å². The fraction of sp³-hybridized carbons (Fsp3) is 0.357. The summed E-state index contributed by atoms with van der Waals surface area (Å²) in [6.07, 6.45) is 2.33. The molecule has 2 heterocycles. The molecular weight excluding hydrogens is 477 g/mol. The molecule has 8 heteroatoms. The van der Waals surface area contributed by atoms with Gasteiger partial charge in [-0.1, -0.05) is 18.2 Å². The molecule has 0 atom stereocenters. The van der Waals surface area contributed by atoms with Crippen LogP contribution in [0.2, 0.25) is 0 Å². The molecule has 0 saturated carbocycles. The van der Waals surface area contributed by atoms with Gasteiger partial charge in [0.25, 0.3) is 5.91 Å². The standard InChI is InChI=1S/C28H32FN3O3S/c1-35-25-12-8-23(9-13-25)28(34)31(17-16-30-14-2-3-15-30)21-27(33)32(20-26-5-4-18-36-26)19-22-6-10-24(29)11-7-22/h4-13,18H,2-3,14-17,19-21H2,1H3. The SMILES string of the molecule is COc1ccc(C(=O)N(CCN2CCCC2)CC(=O)N(Cc2ccc(F)cc2)Cc2cccs2)cc1. The Hall–Kier alpha value is -3.23. The molecule has 6 nitrogen and oxygen atoms in total. The number of amides is 2. The maximum Gasteiger partial charge on any atom is 0.254 e. The van der Waals surface area contributed by atoms with Crippen LogP contribution in [0.5, 0.6) is 5.75 Å². The van der Waals surface area contributed by atoms with E-state index in [4.69, 9.17) is 4.74 Å². The second kappa shape index (κ2) is 12.6. The van der Waals surface area contributed by atoms with E-state index in [9.17, 15) is 14.0 Å². The number of carbonyl (C=O) groups is 2. The van der Waals surface area contributed by atoms with Crippen molar-refractivity contribution in [1.29, 1.82) is 0 Å². The Bertz CT molecular complexity index is 1110. The van der Waals surface area contributed by atoms with E-state index in [0.717, 1.165) is 42.9 Å². The lowest BCUT2D eigenvalue weighted by atomic mass is 10.1. The zero-order chi connectivity index (χ0) is 25.3. The summed E-state index contributed by atoms with van der Waals surface area (Å²) in [5, 5.41) is 1.98. The lowest BCUT2D eigenvalue weighted by Gasteiger charge is -2.29. The van der Waals surface area contributed by atoms with Gasteiger partial charge in [0, 0.05) is 30.1 Å². The largest absolute Gasteiger partial charge is 0.497 e. The minimum Gasteiger partial charge on any atom is -0.497 e. The molecule has 2 amide bonds. The number of halogens is 1. The number of methoxy groups -OCH3 is 1. The minimum atomic E-state index is -0.312. The molecule has 1 aromatic heterocycles. The summed E-state index contributed by atoms with van der Waals surface area (Å²) >= 11 is 1.58. The maximum absolute atomic E-state index is 13.6. The Morgan fingerprint density at radius 1 is 0.972 bits per heavy atom. The first kappa shape index (κ1) is 25.9. The Morgan fingerprint density at radius 3 is 2.33 bits per heavy atom. The van der Waals surface area contributed by atoms with Gasteiger partial charge < -0.3 is 19.4 Å². The topological polar surface area (TPSA) is 53.1 Å². The van der Waals surface area contributed by atoms with Crippen LogP contribution in [0.25, 0.3) is 0 Å². The number of hydrogen-bond donors (Lipinski definition) is 0. The van der Waals surface area contributed by atoms with Crippen LogP contribution in [0.4, 0.5) is 4.39 Å². The molecule has 1 aliphatic rings. The van der Waals surface area contributed by atoms with E-state index >= 15 is 0 Å². The normalized spacial score (nSPS) is 13.5. The summed E-state index contributed by atoms with van der Waals surface area (Å²) in [5.41, 5.74) is 1.36. The van der Waals surface area contributed by atoms with Gasteiger partial charge in [0.15, 0.2) is 0 Å². The lowest BCUT2D eigenvalue weighted by Crippen LogP contribution is -2.45. The highest BCUT2D eigenvalue weighted by Crippen LogP contribution is 2.18. The Labute approximate surface area is 215 Å². The van der Waals surface area contributed by atoms with E-state index in [-0.39, 0.29) is 24.2 Å². The predicted molar refractivity (Wildman–Crippen MR) is 140 cm³/mol. The molecule has 0 aliphatic carbocycles. The summed E-state index contributed by atoms with van der Waals surface area (Å²) in [6.45, 7) is 4.00. The van der Waals surface area contributed by atoms with Crippen molar-refractivity contribution in [3.05, 3.63) is 87.9 Å². The van der Waals surface area contributed by atoms with Gasteiger partial charge in [-0.2, -0.15) is 0 Å². The molecule has 3 aromatic rings. The van der Waals surface area contributed by atoms with Crippen molar-refractivity contribution in [1.82, 2.24) is 14.7 Å². The average Bonchev–Trinajstić information content (AvgIpc) is 3.61. The quantitative estimate of drug-likeness (QED) is 0.377. The maximum atomic E-state index is 13.6. The number of benzene rings is 2. The molecule has 0 spiro atoms. The van der Waals surface area contributed by atoms with Gasteiger partial charge in [-0.25, -0.2) is 4.39 Å². The molecule has 0 radical (unpaired) electrons. The molecule has 0 N–H and O–H groups in total. The summed E-state index contributed by atoms with van der Waals surface area (Å²) in [5.74, 6) is 0.0415. The van der Waals surface area contributed by atoms with E-state index < -0.39 is 0 Å². The number of nitrogens with zero attached hydrogens (tertiary/aromatic N) is 3. The third-order valence-corrected chi connectivity index (χ3v) is 7.26. The van der Waals surface area contributed by atoms with Gasteiger partial charge in [-0.05, 0) is 79.3 Å². The summed E-state index contributed by atoms with van der Waals surface area (Å²) in [7, 11) is 1.58. The molecule has 4 rings (SSSR count). The third-order valence-electron chi connectivity index (χ3n) is 6.40. The average molecular weight is 510 g/mol. The lowest BCUT2D eigenvalue weighted by molar-refractivity contribution is -0.133. The number of hydrogen-bond acceptors (Lipinski definition) is 5. The van der Waals surface area contributed by atoms with E-state index in [0.29, 0.717) is 30.9 Å². The highest BCUT2D eigenvalue weighted by Gasteiger charge is 2.24. The van der Waals surface area contributed by atoms with E-state index in [2.05, 4.69) is 4.90 Å². The van der Waals surface area contributed by atoms with Crippen molar-refractivity contribution in [2.24, 2.45) is 0 Å². The van der Waals surface area contributed by atoms with Crippen molar-refractivity contribution < 1.29 is 18.7 Å². The number of likely N-dealkylation sites (tertiary alicyclic amines) is 1. The number of carbonyl (C=O) groups excluding carboxylic acids is 2. The zero-order valence-corrected chi connectivity index (χ0v) is 21.4. The molecule has 1 aliphatic heterocycles. The smallest absolute Gasteiger partial charge is 0.254 e. The van der Waals surface area contributed by atoms with Gasteiger partial charge in [-0.3, -0.25) is 9.59 Å². The molecule has 0 bridgehead atoms. The van der Waals surface area contributed by atoms with Crippen LogP contribution in [-0.4, -0.2) is 66.3 Å². The first-order valence-corrected chi connectivity index (χ1v) is 13.1. The van der Waals surface area contributed by atoms with E-state index in [1.807, 2.05) is 17.5 Å². The third kappa shape index (κ3) is 7.15. The van der Waals surface area contributed by atoms with Crippen molar-refractivity contribution in [2.45, 2.75) is 25.9 Å². The molecule has 2 aromatic carbocycles. The molecule has 0 unspecified atom stereocenters. The second-order valence-electron chi connectivity index (χ2n) is 8.96. The summed E-state index contributed by atoms with van der Waals surface area (Å²) < 4.78 is 18.7. The molecule has 1 saturated heterocycles. The zero-order valence-electron chi connectivity index (χ0n) is 20.6. The fourth-order valence-electron chi connectivity index (χ4n) is 4.33. The van der Waals surface area contributed by atoms with Crippen LogP contribution < -0.4 is 4.74 Å². The van der Waals surface area contributed by atoms with Gasteiger partial charge in [0.2, 0.25) is 5.91 Å². The first-order chi connectivity index (χ1) is 17.5. The van der Waals surface area contributed by atoms with Crippen LogP contribution in [-0.2, 0) is 17.9 Å². The van der Waals surface area contributed by atoms with Crippen molar-refractivity contribution in [2.75, 3.05) is 39.8 Å². The molecule has 190 valence electrons. The van der Waals surface area contributed by atoms with Crippen LogP contribution >= 0.6 is 11.3 Å². The Kier molecular flexibility index (Phi) is 9.08. The highest BCUT2D eigenvalue weighted by atomic mass is 32.1. The summed E-state index contributed by atoms with van der Waals surface area (Å²) in [6, 6.07) is 17.1. The van der Waals surface area contributed by atoms with Crippen LogP contribution in [0.15, 0.2) is 66.0 Å². The van der Waals surface area contributed by atoms with E-state index in [1.165, 1.54) is 12.1 Å². The summed E-state index contributed by atoms with van der Waals surface area (Å²) in [4.78, 5) is 33.9. The second-order valence-corrected chi connectivity index (χ2v) is 9.99. The first-order valence-electron chi connectivity index (χ1n) is 12.2. The van der Waals surface area contributed by atoms with Crippen LogP contribution in [0, 0.1) is 5.82 Å². The number of thiophene rings is 1. The molecule has 1 fully saturated rings. The van der Waals surface area contributed by atoms with Crippen LogP contribution in [0.1, 0.15) is 33.6 Å². The predicted octanol–water partition coefficient (Wildman–Crippen LogP) is 4.66. The van der Waals surface area contributed by atoms with Gasteiger partial charge in [0.1, 0.15) is 18.1 Å². The van der Waals surface area contributed by atoms with Gasteiger partial charge in [0.05, 0.1) is 13.7 Å². The number of rotatable bonds is 11. The van der Waals surface area contributed by atoms with Gasteiger partial charge >= 0.3 is 0 Å². The Balaban J connectivity index is 1.52. The fourth-order valence-corrected chi connectivity index (χ4v) is 5.05. The van der Waals surface area contributed by atoms with Gasteiger partial charge in [-0.15, -0.1) is 11.3 Å².